The zero-order valence-corrected chi connectivity index (χ0v) is 22.9. The van der Waals surface area contributed by atoms with Crippen molar-refractivity contribution in [3.8, 4) is 28.2 Å². The molecular weight excluding hydrogens is 540 g/mol. The second kappa shape index (κ2) is 11.3. The molecule has 0 unspecified atom stereocenters. The first kappa shape index (κ1) is 27.1. The van der Waals surface area contributed by atoms with Gasteiger partial charge in [-0.05, 0) is 61.1 Å². The Morgan fingerprint density at radius 2 is 2.00 bits per heavy atom. The van der Waals surface area contributed by atoms with E-state index in [2.05, 4.69) is 16.8 Å². The Hall–Kier alpha value is -3.52. The number of carboxylic acids is 1. The first-order valence-corrected chi connectivity index (χ1v) is 14.1. The zero-order chi connectivity index (χ0) is 27.7. The van der Waals surface area contributed by atoms with Crippen molar-refractivity contribution >= 4 is 29.3 Å². The van der Waals surface area contributed by atoms with E-state index in [1.54, 1.807) is 22.9 Å². The first-order valence-electron chi connectivity index (χ1n) is 12.4. The molecule has 0 atom stereocenters. The lowest BCUT2D eigenvalue weighted by Crippen LogP contribution is -2.06. The summed E-state index contributed by atoms with van der Waals surface area (Å²) in [4.78, 5) is 15.9. The van der Waals surface area contributed by atoms with E-state index in [0.29, 0.717) is 52.8 Å². The fourth-order valence-corrected chi connectivity index (χ4v) is 5.30. The maximum atomic E-state index is 14.7. The Kier molecular flexibility index (Phi) is 7.84. The number of hydrogen-bond acceptors (Lipinski definition) is 6. The Morgan fingerprint density at radius 1 is 1.21 bits per heavy atom. The van der Waals surface area contributed by atoms with Crippen LogP contribution in [0.5, 0.6) is 0 Å². The van der Waals surface area contributed by atoms with Gasteiger partial charge in [0.25, 0.3) is 0 Å². The molecular formula is C29H25F2N3O3S2. The number of halogens is 2. The van der Waals surface area contributed by atoms with Gasteiger partial charge in [0.2, 0.25) is 5.13 Å². The Morgan fingerprint density at radius 3 is 2.64 bits per heavy atom. The molecule has 6 nitrogen and oxygen atoms in total. The van der Waals surface area contributed by atoms with Gasteiger partial charge < -0.3 is 9.66 Å². The van der Waals surface area contributed by atoms with Crippen molar-refractivity contribution in [2.75, 3.05) is 0 Å². The molecule has 2 aromatic carbocycles. The summed E-state index contributed by atoms with van der Waals surface area (Å²) in [6.07, 6.45) is 3.16. The van der Waals surface area contributed by atoms with Crippen molar-refractivity contribution in [2.45, 2.75) is 44.4 Å². The van der Waals surface area contributed by atoms with E-state index in [1.165, 1.54) is 34.9 Å². The van der Waals surface area contributed by atoms with Gasteiger partial charge in [-0.3, -0.25) is 0 Å². The number of rotatable bonds is 8. The van der Waals surface area contributed by atoms with Crippen LogP contribution in [-0.4, -0.2) is 30.4 Å². The van der Waals surface area contributed by atoms with Gasteiger partial charge in [0.1, 0.15) is 11.6 Å². The van der Waals surface area contributed by atoms with Gasteiger partial charge >= 0.3 is 5.97 Å². The van der Waals surface area contributed by atoms with Crippen LogP contribution in [0.1, 0.15) is 59.6 Å². The van der Waals surface area contributed by atoms with Gasteiger partial charge in [0.15, 0.2) is 5.69 Å². The van der Waals surface area contributed by atoms with Crippen LogP contribution in [0.15, 0.2) is 46.7 Å². The molecule has 0 saturated heterocycles. The lowest BCUT2D eigenvalue weighted by Gasteiger charge is -2.10. The molecule has 1 aliphatic rings. The summed E-state index contributed by atoms with van der Waals surface area (Å²) < 4.78 is 40.2. The van der Waals surface area contributed by atoms with E-state index in [0.717, 1.165) is 24.1 Å². The second-order valence-electron chi connectivity index (χ2n) is 9.81. The summed E-state index contributed by atoms with van der Waals surface area (Å²) in [7, 11) is 0. The number of nitrogens with zero attached hydrogens (tertiary/aromatic N) is 3. The largest absolute Gasteiger partial charge is 0.476 e. The lowest BCUT2D eigenvalue weighted by molar-refractivity contribution is 0.0691. The van der Waals surface area contributed by atoms with Crippen molar-refractivity contribution in [3.05, 3.63) is 81.5 Å². The van der Waals surface area contributed by atoms with Crippen LogP contribution in [0, 0.1) is 35.3 Å². The van der Waals surface area contributed by atoms with Gasteiger partial charge in [-0.2, -0.15) is 5.10 Å². The lowest BCUT2D eigenvalue weighted by atomic mass is 9.96. The third-order valence-corrected chi connectivity index (χ3v) is 7.72. The number of benzene rings is 2. The molecule has 200 valence electrons. The minimum absolute atomic E-state index is 0.0660. The molecule has 2 N–H and O–H groups in total. The van der Waals surface area contributed by atoms with Gasteiger partial charge in [0.05, 0.1) is 21.8 Å². The van der Waals surface area contributed by atoms with E-state index in [4.69, 9.17) is 5.10 Å². The quantitative estimate of drug-likeness (QED) is 0.175. The van der Waals surface area contributed by atoms with Crippen LogP contribution in [0.3, 0.4) is 0 Å². The Labute approximate surface area is 232 Å². The summed E-state index contributed by atoms with van der Waals surface area (Å²) in [5, 5.41) is 16.2. The highest BCUT2D eigenvalue weighted by Gasteiger charge is 2.29. The molecule has 5 rings (SSSR count). The standard InChI is InChI=1S/C29H25F2N3O3S2/c1-16(2)3-7-19-14-20(8-9-22(19)30)27-21(11-18-6-10-26(39-37)23(31)12-18)25(13-17-4-5-17)34(33-27)29-32-24(15-38-29)28(35)36/h6,8-10,12,14-17,37H,4-5,11,13H2,1-2H3,(H,35,36). The van der Waals surface area contributed by atoms with Crippen LogP contribution < -0.4 is 0 Å². The average Bonchev–Trinajstić information content (AvgIpc) is 3.46. The highest BCUT2D eigenvalue weighted by molar-refractivity contribution is 7.93. The molecule has 2 aromatic heterocycles. The summed E-state index contributed by atoms with van der Waals surface area (Å²) >= 11 is 1.53. The van der Waals surface area contributed by atoms with E-state index in [1.807, 2.05) is 13.8 Å². The van der Waals surface area contributed by atoms with Gasteiger partial charge in [0, 0.05) is 40.9 Å². The van der Waals surface area contributed by atoms with Gasteiger partial charge in [-0.1, -0.05) is 31.8 Å². The van der Waals surface area contributed by atoms with Crippen LogP contribution in [0.25, 0.3) is 16.4 Å². The van der Waals surface area contributed by atoms with Gasteiger partial charge in [-0.25, -0.2) is 23.2 Å². The summed E-state index contributed by atoms with van der Waals surface area (Å²) in [6, 6.07) is 9.33. The van der Waals surface area contributed by atoms with Crippen molar-refractivity contribution in [1.29, 1.82) is 0 Å². The van der Waals surface area contributed by atoms with Crippen LogP contribution in [0.2, 0.25) is 0 Å². The molecule has 0 bridgehead atoms. The predicted molar refractivity (Wildman–Crippen MR) is 147 cm³/mol. The molecule has 1 saturated carbocycles. The second-order valence-corrected chi connectivity index (χ2v) is 11.3. The average molecular weight is 566 g/mol. The number of aromatic carboxylic acids is 1. The maximum Gasteiger partial charge on any atom is 0.355 e. The molecule has 0 aliphatic heterocycles. The van der Waals surface area contributed by atoms with E-state index >= 15 is 0 Å². The molecule has 0 spiro atoms. The maximum absolute atomic E-state index is 14.7. The molecule has 1 fully saturated rings. The fourth-order valence-electron chi connectivity index (χ4n) is 4.25. The molecule has 0 radical (unpaired) electrons. The van der Waals surface area contributed by atoms with E-state index in [-0.39, 0.29) is 22.1 Å². The normalized spacial score (nSPS) is 13.0. The SMILES string of the molecule is CC(C)C#Cc1cc(-c2nn(-c3nc(C(=O)O)cs3)c(CC3CC3)c2Cc2ccc(SO)c(F)c2)ccc1F. The molecule has 10 heteroatoms. The number of hydrogen-bond donors (Lipinski definition) is 2. The van der Waals surface area contributed by atoms with Crippen LogP contribution >= 0.6 is 23.4 Å². The molecule has 0 amide bonds. The number of aromatic nitrogens is 3. The summed E-state index contributed by atoms with van der Waals surface area (Å²) in [6.45, 7) is 3.86. The third kappa shape index (κ3) is 6.06. The van der Waals surface area contributed by atoms with Crippen molar-refractivity contribution in [3.63, 3.8) is 0 Å². The number of thiazole rings is 1. The highest BCUT2D eigenvalue weighted by Crippen LogP contribution is 2.38. The minimum Gasteiger partial charge on any atom is -0.476 e. The summed E-state index contributed by atoms with van der Waals surface area (Å²) in [5.41, 5.74) is 3.77. The fraction of sp³-hybridized carbons (Fsp3) is 0.276. The van der Waals surface area contributed by atoms with Crippen molar-refractivity contribution < 1.29 is 23.2 Å². The van der Waals surface area contributed by atoms with E-state index < -0.39 is 17.6 Å². The monoisotopic (exact) mass is 565 g/mol. The highest BCUT2D eigenvalue weighted by atomic mass is 32.2. The molecule has 4 aromatic rings. The first-order chi connectivity index (χ1) is 18.7. The zero-order valence-electron chi connectivity index (χ0n) is 21.2. The predicted octanol–water partition coefficient (Wildman–Crippen LogP) is 7.09. The molecule has 39 heavy (non-hydrogen) atoms. The smallest absolute Gasteiger partial charge is 0.355 e. The van der Waals surface area contributed by atoms with Crippen LogP contribution in [0.4, 0.5) is 8.78 Å². The van der Waals surface area contributed by atoms with Crippen molar-refractivity contribution in [1.82, 2.24) is 14.8 Å². The number of carbonyl (C=O) groups is 1. The third-order valence-electron chi connectivity index (χ3n) is 6.37. The Bertz CT molecular complexity index is 1610. The topological polar surface area (TPSA) is 88.2 Å². The number of carboxylic acid groups (broad SMARTS) is 1. The van der Waals surface area contributed by atoms with E-state index in [9.17, 15) is 23.2 Å². The van der Waals surface area contributed by atoms with Gasteiger partial charge in [-0.15, -0.1) is 11.3 Å². The Balaban J connectivity index is 1.69. The summed E-state index contributed by atoms with van der Waals surface area (Å²) in [5.74, 6) is 4.34. The molecule has 1 aliphatic carbocycles. The van der Waals surface area contributed by atoms with Crippen LogP contribution in [-0.2, 0) is 12.8 Å². The molecule has 2 heterocycles. The minimum atomic E-state index is -1.13. The van der Waals surface area contributed by atoms with Crippen molar-refractivity contribution in [2.24, 2.45) is 11.8 Å².